The van der Waals surface area contributed by atoms with Gasteiger partial charge < -0.3 is 4.90 Å². The van der Waals surface area contributed by atoms with Crippen molar-refractivity contribution in [3.63, 3.8) is 0 Å². The van der Waals surface area contributed by atoms with Crippen molar-refractivity contribution in [3.05, 3.63) is 35.4 Å². The van der Waals surface area contributed by atoms with Gasteiger partial charge in [-0.05, 0) is 12.5 Å². The Kier molecular flexibility index (Phi) is 6.25. The molecule has 0 aromatic heterocycles. The lowest BCUT2D eigenvalue weighted by atomic mass is 10.1. The van der Waals surface area contributed by atoms with Crippen LogP contribution in [0.15, 0.2) is 24.3 Å². The van der Waals surface area contributed by atoms with Crippen molar-refractivity contribution in [3.8, 4) is 0 Å². The number of halogens is 3. The Morgan fingerprint density at radius 3 is 2.72 bits per heavy atom. The van der Waals surface area contributed by atoms with Crippen LogP contribution in [0.2, 0.25) is 0 Å². The molecule has 0 heterocycles. The molecule has 0 spiro atoms. The summed E-state index contributed by atoms with van der Waals surface area (Å²) in [5.74, 6) is -0.264. The number of amides is 1. The molecule has 0 aliphatic heterocycles. The van der Waals surface area contributed by atoms with Gasteiger partial charge in [0.15, 0.2) is 0 Å². The minimum Gasteiger partial charge on any atom is -0.336 e. The molecule has 5 heteroatoms. The van der Waals surface area contributed by atoms with E-state index < -0.39 is 13.0 Å². The quantitative estimate of drug-likeness (QED) is 0.738. The third-order valence-corrected chi connectivity index (χ3v) is 2.86. The van der Waals surface area contributed by atoms with Crippen LogP contribution in [0.1, 0.15) is 11.1 Å². The lowest BCUT2D eigenvalue weighted by molar-refractivity contribution is -0.132. The zero-order valence-corrected chi connectivity index (χ0v) is 11.8. The summed E-state index contributed by atoms with van der Waals surface area (Å²) in [6, 6.07) is 7.52. The fraction of sp³-hybridized carbons (Fsp3) is 0.462. The Morgan fingerprint density at radius 2 is 2.17 bits per heavy atom. The predicted octanol–water partition coefficient (Wildman–Crippen LogP) is 3.03. The number of benzene rings is 1. The first-order valence-corrected chi connectivity index (χ1v) is 6.82. The molecule has 0 fully saturated rings. The van der Waals surface area contributed by atoms with Crippen LogP contribution in [0.3, 0.4) is 0 Å². The zero-order valence-electron chi connectivity index (χ0n) is 10.2. The zero-order chi connectivity index (χ0) is 13.5. The molecule has 0 saturated carbocycles. The smallest absolute Gasteiger partial charge is 0.255 e. The second-order valence-electron chi connectivity index (χ2n) is 4.09. The fourth-order valence-corrected chi connectivity index (χ4v) is 2.12. The van der Waals surface area contributed by atoms with E-state index in [1.165, 1.54) is 4.90 Å². The van der Waals surface area contributed by atoms with E-state index >= 15 is 0 Å². The maximum Gasteiger partial charge on any atom is 0.255 e. The average molecular weight is 320 g/mol. The summed E-state index contributed by atoms with van der Waals surface area (Å²) in [6.45, 7) is 1.73. The van der Waals surface area contributed by atoms with Crippen LogP contribution < -0.4 is 0 Å². The van der Waals surface area contributed by atoms with E-state index in [-0.39, 0.29) is 12.3 Å². The minimum atomic E-state index is -2.49. The maximum atomic E-state index is 12.4. The van der Waals surface area contributed by atoms with E-state index in [0.717, 1.165) is 11.1 Å². The Morgan fingerprint density at radius 1 is 1.44 bits per heavy atom. The maximum absolute atomic E-state index is 12.4. The van der Waals surface area contributed by atoms with Gasteiger partial charge in [0.25, 0.3) is 6.43 Å². The Bertz CT molecular complexity index is 398. The fourth-order valence-electron chi connectivity index (χ4n) is 1.69. The molecule has 1 aromatic carbocycles. The molecule has 2 nitrogen and oxygen atoms in total. The van der Waals surface area contributed by atoms with Crippen LogP contribution in [0, 0.1) is 6.92 Å². The van der Waals surface area contributed by atoms with E-state index in [9.17, 15) is 13.6 Å². The minimum absolute atomic E-state index is 0.168. The monoisotopic (exact) mass is 319 g/mol. The molecule has 0 radical (unpaired) electrons. The molecule has 18 heavy (non-hydrogen) atoms. The molecule has 1 aromatic rings. The van der Waals surface area contributed by atoms with Crippen molar-refractivity contribution < 1.29 is 13.6 Å². The number of aryl methyl sites for hydroxylation is 1. The second-order valence-corrected chi connectivity index (χ2v) is 4.88. The van der Waals surface area contributed by atoms with Gasteiger partial charge in [-0.25, -0.2) is 8.78 Å². The molecule has 0 unspecified atom stereocenters. The summed E-state index contributed by atoms with van der Waals surface area (Å²) < 4.78 is 24.7. The molecule has 0 atom stereocenters. The van der Waals surface area contributed by atoms with Gasteiger partial charge in [0.2, 0.25) is 5.91 Å². The number of hydrogen-bond acceptors (Lipinski definition) is 1. The SMILES string of the molecule is Cc1cccc(CC(=O)N(CCBr)CC(F)F)c1. The van der Waals surface area contributed by atoms with Crippen molar-refractivity contribution in [2.24, 2.45) is 0 Å². The normalized spacial score (nSPS) is 10.7. The van der Waals surface area contributed by atoms with Crippen LogP contribution in [0.25, 0.3) is 0 Å². The Labute approximate surface area is 114 Å². The summed E-state index contributed by atoms with van der Waals surface area (Å²) >= 11 is 3.17. The van der Waals surface area contributed by atoms with E-state index in [2.05, 4.69) is 15.9 Å². The Hall–Kier alpha value is -0.970. The van der Waals surface area contributed by atoms with Gasteiger partial charge in [-0.1, -0.05) is 45.8 Å². The summed E-state index contributed by atoms with van der Waals surface area (Å²) in [7, 11) is 0. The highest BCUT2D eigenvalue weighted by molar-refractivity contribution is 9.09. The van der Waals surface area contributed by atoms with E-state index in [4.69, 9.17) is 0 Å². The highest BCUT2D eigenvalue weighted by atomic mass is 79.9. The third kappa shape index (κ3) is 5.12. The summed E-state index contributed by atoms with van der Waals surface area (Å²) in [5.41, 5.74) is 1.91. The van der Waals surface area contributed by atoms with Gasteiger partial charge in [0.1, 0.15) is 0 Å². The number of carbonyl (C=O) groups excluding carboxylic acids is 1. The highest BCUT2D eigenvalue weighted by Crippen LogP contribution is 2.08. The molecular weight excluding hydrogens is 304 g/mol. The van der Waals surface area contributed by atoms with Gasteiger partial charge in [-0.3, -0.25) is 4.79 Å². The summed E-state index contributed by atoms with van der Waals surface area (Å²) in [6.07, 6.45) is -2.33. The summed E-state index contributed by atoms with van der Waals surface area (Å²) in [4.78, 5) is 13.1. The van der Waals surface area contributed by atoms with Gasteiger partial charge in [-0.15, -0.1) is 0 Å². The van der Waals surface area contributed by atoms with Crippen LogP contribution in [-0.4, -0.2) is 35.7 Å². The molecule has 0 saturated heterocycles. The summed E-state index contributed by atoms with van der Waals surface area (Å²) in [5, 5.41) is 0.499. The van der Waals surface area contributed by atoms with Gasteiger partial charge >= 0.3 is 0 Å². The lowest BCUT2D eigenvalue weighted by Crippen LogP contribution is -2.37. The molecule has 0 bridgehead atoms. The van der Waals surface area contributed by atoms with E-state index in [0.29, 0.717) is 11.9 Å². The number of alkyl halides is 3. The van der Waals surface area contributed by atoms with Crippen LogP contribution in [0.4, 0.5) is 8.78 Å². The molecule has 1 rings (SSSR count). The highest BCUT2D eigenvalue weighted by Gasteiger charge is 2.17. The molecular formula is C13H16BrF2NO. The van der Waals surface area contributed by atoms with Crippen molar-refractivity contribution in [1.29, 1.82) is 0 Å². The third-order valence-electron chi connectivity index (χ3n) is 2.50. The number of hydrogen-bond donors (Lipinski definition) is 0. The standard InChI is InChI=1S/C13H16BrF2NO/c1-10-3-2-4-11(7-10)8-13(18)17(6-5-14)9-12(15)16/h2-4,7,12H,5-6,8-9H2,1H3. The van der Waals surface area contributed by atoms with Crippen molar-refractivity contribution in [1.82, 2.24) is 4.90 Å². The van der Waals surface area contributed by atoms with E-state index in [1.54, 1.807) is 0 Å². The molecule has 1 amide bonds. The Balaban J connectivity index is 2.66. The topological polar surface area (TPSA) is 20.3 Å². The molecule has 100 valence electrons. The number of rotatable bonds is 6. The first-order valence-electron chi connectivity index (χ1n) is 5.70. The van der Waals surface area contributed by atoms with Gasteiger partial charge in [0, 0.05) is 11.9 Å². The molecule has 0 aliphatic rings. The van der Waals surface area contributed by atoms with E-state index in [1.807, 2.05) is 31.2 Å². The predicted molar refractivity (Wildman–Crippen MR) is 71.3 cm³/mol. The van der Waals surface area contributed by atoms with Crippen molar-refractivity contribution in [2.75, 3.05) is 18.4 Å². The van der Waals surface area contributed by atoms with Crippen LogP contribution in [0.5, 0.6) is 0 Å². The van der Waals surface area contributed by atoms with Crippen molar-refractivity contribution >= 4 is 21.8 Å². The first-order chi connectivity index (χ1) is 8.52. The number of nitrogens with zero attached hydrogens (tertiary/aromatic N) is 1. The van der Waals surface area contributed by atoms with Crippen molar-refractivity contribution in [2.45, 2.75) is 19.8 Å². The second kappa shape index (κ2) is 7.46. The largest absolute Gasteiger partial charge is 0.336 e. The van der Waals surface area contributed by atoms with Gasteiger partial charge in [-0.2, -0.15) is 0 Å². The lowest BCUT2D eigenvalue weighted by Gasteiger charge is -2.21. The first kappa shape index (κ1) is 15.1. The number of carbonyl (C=O) groups is 1. The molecule has 0 N–H and O–H groups in total. The van der Waals surface area contributed by atoms with Gasteiger partial charge in [0.05, 0.1) is 13.0 Å². The average Bonchev–Trinajstić information content (AvgIpc) is 2.27. The molecule has 0 aliphatic carbocycles. The van der Waals surface area contributed by atoms with Crippen LogP contribution in [-0.2, 0) is 11.2 Å². The van der Waals surface area contributed by atoms with Crippen LogP contribution >= 0.6 is 15.9 Å².